The molecule has 26 heavy (non-hydrogen) atoms. The van der Waals surface area contributed by atoms with Gasteiger partial charge in [-0.3, -0.25) is 4.90 Å². The van der Waals surface area contributed by atoms with E-state index in [1.165, 1.54) is 5.69 Å². The monoisotopic (exact) mass is 381 g/mol. The molecule has 0 bridgehead atoms. The first-order valence-corrected chi connectivity index (χ1v) is 10.2. The predicted octanol–water partition coefficient (Wildman–Crippen LogP) is 4.01. The van der Waals surface area contributed by atoms with Crippen molar-refractivity contribution < 1.29 is 9.57 Å². The van der Waals surface area contributed by atoms with E-state index >= 15 is 0 Å². The third-order valence-electron chi connectivity index (χ3n) is 4.35. The molecule has 6 heteroatoms. The zero-order valence-corrected chi connectivity index (χ0v) is 17.2. The van der Waals surface area contributed by atoms with E-state index < -0.39 is 0 Å². The van der Waals surface area contributed by atoms with E-state index in [0.29, 0.717) is 5.88 Å². The topological polar surface area (TPSA) is 37.3 Å². The summed E-state index contributed by atoms with van der Waals surface area (Å²) in [5.74, 6) is 1.44. The number of para-hydroxylation sites is 2. The first kappa shape index (κ1) is 20.8. The van der Waals surface area contributed by atoms with Crippen LogP contribution in [0.4, 0.5) is 5.69 Å². The Hall–Kier alpha value is -1.46. The maximum Gasteiger partial charge on any atom is 0.145 e. The van der Waals surface area contributed by atoms with Gasteiger partial charge in [-0.1, -0.05) is 31.1 Å². The molecule has 0 aromatic heterocycles. The molecule has 0 N–H and O–H groups in total. The average molecular weight is 382 g/mol. The Labute approximate surface area is 162 Å². The average Bonchev–Trinajstić information content (AvgIpc) is 3.12. The van der Waals surface area contributed by atoms with Gasteiger partial charge in [0.2, 0.25) is 0 Å². The highest BCUT2D eigenvalue weighted by molar-refractivity contribution is 6.28. The van der Waals surface area contributed by atoms with Crippen LogP contribution in [0.15, 0.2) is 29.4 Å². The van der Waals surface area contributed by atoms with Crippen molar-refractivity contribution in [2.45, 2.75) is 46.3 Å². The van der Waals surface area contributed by atoms with Crippen molar-refractivity contribution in [3.05, 3.63) is 24.3 Å². The Balaban J connectivity index is 0.00000117. The van der Waals surface area contributed by atoms with Gasteiger partial charge in [0, 0.05) is 39.1 Å². The van der Waals surface area contributed by atoms with E-state index in [-0.39, 0.29) is 12.2 Å². The van der Waals surface area contributed by atoms with Crippen molar-refractivity contribution in [3.8, 4) is 5.75 Å². The number of halogens is 1. The molecule has 0 saturated carbocycles. The molecule has 2 aliphatic heterocycles. The highest BCUT2D eigenvalue weighted by atomic mass is 35.5. The zero-order valence-electron chi connectivity index (χ0n) is 16.4. The van der Waals surface area contributed by atoms with Gasteiger partial charge in [-0.15, -0.1) is 11.6 Å². The van der Waals surface area contributed by atoms with Gasteiger partial charge in [0.25, 0.3) is 0 Å². The number of hydrogen-bond donors (Lipinski definition) is 0. The first-order chi connectivity index (χ1) is 12.7. The number of alkyl halides is 1. The first-order valence-electron chi connectivity index (χ1n) is 9.66. The second kappa shape index (κ2) is 10.6. The van der Waals surface area contributed by atoms with Crippen LogP contribution in [0.5, 0.6) is 5.75 Å². The number of hydrogen-bond acceptors (Lipinski definition) is 5. The molecular formula is C20H32ClN3O2. The maximum absolute atomic E-state index is 5.95. The predicted molar refractivity (Wildman–Crippen MR) is 110 cm³/mol. The maximum atomic E-state index is 5.95. The van der Waals surface area contributed by atoms with Crippen molar-refractivity contribution in [2.24, 2.45) is 5.16 Å². The number of rotatable bonds is 6. The Morgan fingerprint density at radius 1 is 1.19 bits per heavy atom. The van der Waals surface area contributed by atoms with Crippen LogP contribution in [-0.2, 0) is 4.84 Å². The highest BCUT2D eigenvalue weighted by Crippen LogP contribution is 2.29. The van der Waals surface area contributed by atoms with Crippen LogP contribution in [0.1, 0.15) is 34.1 Å². The molecule has 0 radical (unpaired) electrons. The number of anilines is 1. The minimum absolute atomic E-state index is 0.155. The SMILES string of the molecule is CC.CC(C)Oc1ccccc1N1CCN(CC2CC(CCl)=NO2)CC1. The summed E-state index contributed by atoms with van der Waals surface area (Å²) in [6.45, 7) is 13.1. The minimum atomic E-state index is 0.155. The van der Waals surface area contributed by atoms with Gasteiger partial charge in [-0.05, 0) is 26.0 Å². The fraction of sp³-hybridized carbons (Fsp3) is 0.650. The standard InChI is InChI=1S/C18H26ClN3O2.C2H6/c1-14(2)23-18-6-4-3-5-17(18)22-9-7-21(8-10-22)13-16-11-15(12-19)20-24-16;1-2/h3-6,14,16H,7-13H2,1-2H3;1-2H3. The van der Waals surface area contributed by atoms with Crippen LogP contribution in [0.25, 0.3) is 0 Å². The molecule has 1 fully saturated rings. The Kier molecular flexibility index (Phi) is 8.52. The largest absolute Gasteiger partial charge is 0.489 e. The van der Waals surface area contributed by atoms with E-state index in [0.717, 1.165) is 50.6 Å². The van der Waals surface area contributed by atoms with Crippen molar-refractivity contribution in [1.82, 2.24) is 4.90 Å². The lowest BCUT2D eigenvalue weighted by Gasteiger charge is -2.37. The number of benzene rings is 1. The van der Waals surface area contributed by atoms with E-state index in [1.807, 2.05) is 19.9 Å². The van der Waals surface area contributed by atoms with Gasteiger partial charge < -0.3 is 14.5 Å². The quantitative estimate of drug-likeness (QED) is 0.698. The van der Waals surface area contributed by atoms with Crippen LogP contribution >= 0.6 is 11.6 Å². The van der Waals surface area contributed by atoms with E-state index in [2.05, 4.69) is 47.0 Å². The molecule has 0 amide bonds. The molecule has 1 aromatic carbocycles. The number of oxime groups is 1. The smallest absolute Gasteiger partial charge is 0.145 e. The van der Waals surface area contributed by atoms with E-state index in [1.54, 1.807) is 0 Å². The van der Waals surface area contributed by atoms with E-state index in [4.69, 9.17) is 21.2 Å². The molecule has 0 spiro atoms. The summed E-state index contributed by atoms with van der Waals surface area (Å²) in [4.78, 5) is 10.3. The second-order valence-corrected chi connectivity index (χ2v) is 6.91. The summed E-state index contributed by atoms with van der Waals surface area (Å²) in [7, 11) is 0. The van der Waals surface area contributed by atoms with Crippen LogP contribution < -0.4 is 9.64 Å². The molecule has 3 rings (SSSR count). The number of piperazine rings is 1. The van der Waals surface area contributed by atoms with Crippen molar-refractivity contribution >= 4 is 23.0 Å². The summed E-state index contributed by atoms with van der Waals surface area (Å²) in [5.41, 5.74) is 2.15. The van der Waals surface area contributed by atoms with Gasteiger partial charge in [-0.25, -0.2) is 0 Å². The highest BCUT2D eigenvalue weighted by Gasteiger charge is 2.26. The molecule has 5 nitrogen and oxygen atoms in total. The van der Waals surface area contributed by atoms with Crippen LogP contribution in [0.3, 0.4) is 0 Å². The lowest BCUT2D eigenvalue weighted by molar-refractivity contribution is 0.0510. The summed E-state index contributed by atoms with van der Waals surface area (Å²) in [6, 6.07) is 8.31. The summed E-state index contributed by atoms with van der Waals surface area (Å²) < 4.78 is 5.95. The molecule has 1 atom stereocenters. The normalized spacial score (nSPS) is 20.3. The number of nitrogens with zero attached hydrogens (tertiary/aromatic N) is 3. The molecular weight excluding hydrogens is 350 g/mol. The zero-order chi connectivity index (χ0) is 18.9. The molecule has 0 aliphatic carbocycles. The molecule has 146 valence electrons. The molecule has 2 heterocycles. The van der Waals surface area contributed by atoms with Crippen LogP contribution in [0.2, 0.25) is 0 Å². The lowest BCUT2D eigenvalue weighted by atomic mass is 10.1. The van der Waals surface area contributed by atoms with Gasteiger partial charge in [0.05, 0.1) is 23.4 Å². The third kappa shape index (κ3) is 5.78. The minimum Gasteiger partial charge on any atom is -0.489 e. The summed E-state index contributed by atoms with van der Waals surface area (Å²) in [6.07, 6.45) is 1.19. The lowest BCUT2D eigenvalue weighted by Crippen LogP contribution is -2.48. The van der Waals surface area contributed by atoms with Gasteiger partial charge in [0.15, 0.2) is 0 Å². The Morgan fingerprint density at radius 3 is 2.50 bits per heavy atom. The number of ether oxygens (including phenoxy) is 1. The second-order valence-electron chi connectivity index (χ2n) is 6.64. The fourth-order valence-corrected chi connectivity index (χ4v) is 3.35. The van der Waals surface area contributed by atoms with Gasteiger partial charge in [-0.2, -0.15) is 0 Å². The van der Waals surface area contributed by atoms with Crippen molar-refractivity contribution in [1.29, 1.82) is 0 Å². The fourth-order valence-electron chi connectivity index (χ4n) is 3.19. The molecule has 2 aliphatic rings. The molecule has 1 unspecified atom stereocenters. The van der Waals surface area contributed by atoms with Crippen molar-refractivity contribution in [2.75, 3.05) is 43.5 Å². The van der Waals surface area contributed by atoms with Gasteiger partial charge in [0.1, 0.15) is 11.9 Å². The molecule has 1 aromatic rings. The van der Waals surface area contributed by atoms with Crippen LogP contribution in [0, 0.1) is 0 Å². The van der Waals surface area contributed by atoms with Crippen LogP contribution in [-0.4, -0.2) is 61.4 Å². The van der Waals surface area contributed by atoms with Crippen molar-refractivity contribution in [3.63, 3.8) is 0 Å². The Bertz CT molecular complexity index is 572. The summed E-state index contributed by atoms with van der Waals surface area (Å²) >= 11 is 5.81. The Morgan fingerprint density at radius 2 is 1.88 bits per heavy atom. The van der Waals surface area contributed by atoms with Gasteiger partial charge >= 0.3 is 0 Å². The third-order valence-corrected chi connectivity index (χ3v) is 4.66. The summed E-state index contributed by atoms with van der Waals surface area (Å²) in [5, 5.41) is 4.03. The molecule has 1 saturated heterocycles. The van der Waals surface area contributed by atoms with E-state index in [9.17, 15) is 0 Å².